The lowest BCUT2D eigenvalue weighted by Crippen LogP contribution is -2.05. The predicted molar refractivity (Wildman–Crippen MR) is 102 cm³/mol. The molecule has 0 atom stereocenters. The molecule has 0 amide bonds. The minimum atomic E-state index is -0.562. The zero-order valence-corrected chi connectivity index (χ0v) is 14.8. The number of halogens is 2. The third kappa shape index (κ3) is 4.90. The third-order valence-corrected chi connectivity index (χ3v) is 4.09. The number of rotatable bonds is 5. The van der Waals surface area contributed by atoms with Gasteiger partial charge in [0.1, 0.15) is 11.6 Å². The largest absolute Gasteiger partial charge is 0.423 e. The van der Waals surface area contributed by atoms with Crippen molar-refractivity contribution in [3.05, 3.63) is 106 Å². The molecular formula is C22H14ClFO3. The molecule has 0 spiro atoms. The molecule has 134 valence electrons. The topological polar surface area (TPSA) is 43.4 Å². The molecule has 0 aliphatic rings. The molecule has 0 heterocycles. The summed E-state index contributed by atoms with van der Waals surface area (Å²) in [5.41, 5.74) is 1.49. The monoisotopic (exact) mass is 380 g/mol. The fourth-order valence-electron chi connectivity index (χ4n) is 2.36. The maximum atomic E-state index is 12.9. The third-order valence-electron chi connectivity index (χ3n) is 3.75. The molecule has 0 bridgehead atoms. The molecule has 0 saturated heterocycles. The van der Waals surface area contributed by atoms with Crippen molar-refractivity contribution < 1.29 is 18.7 Å². The van der Waals surface area contributed by atoms with Crippen molar-refractivity contribution in [3.63, 3.8) is 0 Å². The molecule has 3 aromatic carbocycles. The van der Waals surface area contributed by atoms with Gasteiger partial charge in [0.15, 0.2) is 5.78 Å². The average molecular weight is 381 g/mol. The maximum absolute atomic E-state index is 12.9. The summed E-state index contributed by atoms with van der Waals surface area (Å²) >= 11 is 6.02. The number of benzene rings is 3. The van der Waals surface area contributed by atoms with E-state index in [-0.39, 0.29) is 5.78 Å². The molecule has 27 heavy (non-hydrogen) atoms. The van der Waals surface area contributed by atoms with Crippen LogP contribution in [0.15, 0.2) is 78.9 Å². The molecule has 0 unspecified atom stereocenters. The van der Waals surface area contributed by atoms with Crippen molar-refractivity contribution in [2.24, 2.45) is 0 Å². The lowest BCUT2D eigenvalue weighted by atomic mass is 10.0. The van der Waals surface area contributed by atoms with E-state index in [2.05, 4.69) is 0 Å². The van der Waals surface area contributed by atoms with Crippen LogP contribution in [0.5, 0.6) is 5.75 Å². The maximum Gasteiger partial charge on any atom is 0.336 e. The Balaban J connectivity index is 1.65. The number of esters is 1. The molecule has 3 aromatic rings. The van der Waals surface area contributed by atoms with Gasteiger partial charge in [-0.05, 0) is 66.2 Å². The Morgan fingerprint density at radius 3 is 2.07 bits per heavy atom. The number of hydrogen-bond acceptors (Lipinski definition) is 3. The quantitative estimate of drug-likeness (QED) is 0.260. The summed E-state index contributed by atoms with van der Waals surface area (Å²) in [4.78, 5) is 24.2. The van der Waals surface area contributed by atoms with Gasteiger partial charge in [-0.1, -0.05) is 29.8 Å². The number of ketones is 1. The molecule has 0 aliphatic heterocycles. The summed E-state index contributed by atoms with van der Waals surface area (Å²) in [6.45, 7) is 0. The predicted octanol–water partition coefficient (Wildman–Crippen LogP) is 5.33. The van der Waals surface area contributed by atoms with E-state index in [9.17, 15) is 14.0 Å². The van der Waals surface area contributed by atoms with Gasteiger partial charge in [-0.3, -0.25) is 4.79 Å². The molecule has 0 saturated carbocycles. The highest BCUT2D eigenvalue weighted by molar-refractivity contribution is 6.32. The highest BCUT2D eigenvalue weighted by Gasteiger charge is 2.10. The lowest BCUT2D eigenvalue weighted by molar-refractivity contribution is -0.128. The van der Waals surface area contributed by atoms with Gasteiger partial charge in [0, 0.05) is 22.2 Å². The minimum absolute atomic E-state index is 0.244. The van der Waals surface area contributed by atoms with E-state index in [1.807, 2.05) is 6.07 Å². The number of hydrogen-bond donors (Lipinski definition) is 0. The van der Waals surface area contributed by atoms with E-state index < -0.39 is 11.8 Å². The first-order valence-corrected chi connectivity index (χ1v) is 8.45. The Hall–Kier alpha value is -3.24. The van der Waals surface area contributed by atoms with E-state index in [0.29, 0.717) is 27.5 Å². The summed E-state index contributed by atoms with van der Waals surface area (Å²) in [6.07, 6.45) is 2.84. The fraction of sp³-hybridized carbons (Fsp3) is 0. The number of carbonyl (C=O) groups is 2. The van der Waals surface area contributed by atoms with Crippen molar-refractivity contribution in [2.45, 2.75) is 0 Å². The molecule has 0 fully saturated rings. The molecule has 0 radical (unpaired) electrons. The Labute approximate surface area is 160 Å². The van der Waals surface area contributed by atoms with Crippen molar-refractivity contribution >= 4 is 29.4 Å². The van der Waals surface area contributed by atoms with Gasteiger partial charge in [0.25, 0.3) is 0 Å². The molecule has 0 N–H and O–H groups in total. The Morgan fingerprint density at radius 2 is 1.44 bits per heavy atom. The summed E-state index contributed by atoms with van der Waals surface area (Å²) in [7, 11) is 0. The van der Waals surface area contributed by atoms with Crippen molar-refractivity contribution in [3.8, 4) is 5.75 Å². The van der Waals surface area contributed by atoms with Crippen LogP contribution < -0.4 is 4.74 Å². The van der Waals surface area contributed by atoms with E-state index in [1.165, 1.54) is 42.5 Å². The van der Waals surface area contributed by atoms with Crippen LogP contribution in [0.4, 0.5) is 4.39 Å². The Morgan fingerprint density at radius 1 is 0.852 bits per heavy atom. The first-order valence-electron chi connectivity index (χ1n) is 8.08. The van der Waals surface area contributed by atoms with Crippen LogP contribution in [0.25, 0.3) is 6.08 Å². The average Bonchev–Trinajstić information content (AvgIpc) is 2.68. The van der Waals surface area contributed by atoms with E-state index in [4.69, 9.17) is 16.3 Å². The first-order chi connectivity index (χ1) is 13.0. The SMILES string of the molecule is O=C(/C=C/c1ccccc1Cl)Oc1ccc(C(=O)c2ccc(F)cc2)cc1. The van der Waals surface area contributed by atoms with Gasteiger partial charge in [-0.15, -0.1) is 0 Å². The second-order valence-electron chi connectivity index (χ2n) is 5.64. The highest BCUT2D eigenvalue weighted by Crippen LogP contribution is 2.18. The molecule has 0 aromatic heterocycles. The van der Waals surface area contributed by atoms with Gasteiger partial charge in [0.2, 0.25) is 0 Å². The summed E-state index contributed by atoms with van der Waals surface area (Å²) in [5, 5.41) is 0.533. The second kappa shape index (κ2) is 8.43. The standard InChI is InChI=1S/C22H14ClFO3/c23-20-4-2-1-3-15(20)9-14-21(25)27-19-12-7-17(8-13-19)22(26)16-5-10-18(24)11-6-16/h1-14H/b14-9+. The zero-order valence-electron chi connectivity index (χ0n) is 14.1. The lowest BCUT2D eigenvalue weighted by Gasteiger charge is -2.04. The fourth-order valence-corrected chi connectivity index (χ4v) is 2.56. The van der Waals surface area contributed by atoms with Crippen molar-refractivity contribution in [1.29, 1.82) is 0 Å². The molecule has 0 aliphatic carbocycles. The van der Waals surface area contributed by atoms with Crippen LogP contribution in [0.3, 0.4) is 0 Å². The molecule has 3 rings (SSSR count). The summed E-state index contributed by atoms with van der Waals surface area (Å²) in [5.74, 6) is -0.905. The second-order valence-corrected chi connectivity index (χ2v) is 6.04. The smallest absolute Gasteiger partial charge is 0.336 e. The molecular weight excluding hydrogens is 367 g/mol. The van der Waals surface area contributed by atoms with Crippen LogP contribution in [0, 0.1) is 5.82 Å². The minimum Gasteiger partial charge on any atom is -0.423 e. The first kappa shape index (κ1) is 18.5. The highest BCUT2D eigenvalue weighted by atomic mass is 35.5. The van der Waals surface area contributed by atoms with Crippen molar-refractivity contribution in [2.75, 3.05) is 0 Å². The number of carbonyl (C=O) groups excluding carboxylic acids is 2. The normalized spacial score (nSPS) is 10.7. The van der Waals surface area contributed by atoms with Gasteiger partial charge in [-0.25, -0.2) is 9.18 Å². The molecule has 5 heteroatoms. The van der Waals surface area contributed by atoms with Crippen LogP contribution in [-0.4, -0.2) is 11.8 Å². The van der Waals surface area contributed by atoms with E-state index >= 15 is 0 Å². The van der Waals surface area contributed by atoms with E-state index in [0.717, 1.165) is 0 Å². The Kier molecular flexibility index (Phi) is 5.79. The van der Waals surface area contributed by atoms with Crippen LogP contribution in [-0.2, 0) is 4.79 Å². The summed E-state index contributed by atoms with van der Waals surface area (Å²) in [6, 6.07) is 18.6. The van der Waals surface area contributed by atoms with Crippen LogP contribution in [0.1, 0.15) is 21.5 Å². The van der Waals surface area contributed by atoms with Crippen molar-refractivity contribution in [1.82, 2.24) is 0 Å². The van der Waals surface area contributed by atoms with Gasteiger partial charge < -0.3 is 4.74 Å². The zero-order chi connectivity index (χ0) is 19.2. The van der Waals surface area contributed by atoms with Crippen LogP contribution >= 0.6 is 11.6 Å². The number of ether oxygens (including phenoxy) is 1. The van der Waals surface area contributed by atoms with Gasteiger partial charge >= 0.3 is 5.97 Å². The Bertz CT molecular complexity index is 993. The molecule has 3 nitrogen and oxygen atoms in total. The van der Waals surface area contributed by atoms with Crippen LogP contribution in [0.2, 0.25) is 5.02 Å². The van der Waals surface area contributed by atoms with Gasteiger partial charge in [0.05, 0.1) is 0 Å². The van der Waals surface area contributed by atoms with E-state index in [1.54, 1.807) is 36.4 Å². The summed E-state index contributed by atoms with van der Waals surface area (Å²) < 4.78 is 18.2. The van der Waals surface area contributed by atoms with Gasteiger partial charge in [-0.2, -0.15) is 0 Å².